The Hall–Kier alpha value is -11.3. The number of piperazine rings is 2. The monoisotopic (exact) mass is 2100 g/mol. The van der Waals surface area contributed by atoms with Gasteiger partial charge in [0.15, 0.2) is 0 Å². The first kappa shape index (κ1) is 108. The summed E-state index contributed by atoms with van der Waals surface area (Å²) in [6.07, 6.45) is 4.93. The third-order valence-electron chi connectivity index (χ3n) is 25.7. The predicted octanol–water partition coefficient (Wildman–Crippen LogP) is 25.1. The zero-order valence-corrected chi connectivity index (χ0v) is 85.4. The number of carboxylic acid groups (broad SMARTS) is 2. The Morgan fingerprint density at radius 2 is 0.782 bits per heavy atom. The normalized spacial score (nSPS) is 14.8. The minimum absolute atomic E-state index is 0. The molecule has 12 aromatic rings. The highest BCUT2D eigenvalue weighted by Crippen LogP contribution is 2.47. The number of hydrogen-bond donors (Lipinski definition) is 6. The summed E-state index contributed by atoms with van der Waals surface area (Å²) in [5, 5.41) is 28.2. The van der Waals surface area contributed by atoms with Gasteiger partial charge in [-0.1, -0.05) is 142 Å². The molecule has 0 bridgehead atoms. The van der Waals surface area contributed by atoms with E-state index in [1.807, 2.05) is 182 Å². The maximum absolute atomic E-state index is 14.3. The molecular formula is C105H117Cl2F6N11O12S6. The Labute approximate surface area is 846 Å². The van der Waals surface area contributed by atoms with E-state index in [0.717, 1.165) is 123 Å². The van der Waals surface area contributed by atoms with Crippen LogP contribution in [0.5, 0.6) is 0 Å². The van der Waals surface area contributed by atoms with Gasteiger partial charge in [0.05, 0.1) is 43.7 Å². The van der Waals surface area contributed by atoms with E-state index < -0.39 is 94.3 Å². The van der Waals surface area contributed by atoms with Gasteiger partial charge < -0.3 is 54.5 Å². The van der Waals surface area contributed by atoms with E-state index in [-0.39, 0.29) is 53.4 Å². The minimum Gasteiger partial charge on any atom is -0.478 e. The van der Waals surface area contributed by atoms with E-state index in [4.69, 9.17) is 23.2 Å². The summed E-state index contributed by atoms with van der Waals surface area (Å²) in [7, 11) is -21.1. The number of halogens is 8. The smallest absolute Gasteiger partial charge is 0.478 e. The molecule has 37 heteroatoms. The van der Waals surface area contributed by atoms with Crippen molar-refractivity contribution in [2.45, 2.75) is 166 Å². The lowest BCUT2D eigenvalue weighted by Gasteiger charge is -2.37. The van der Waals surface area contributed by atoms with Crippen LogP contribution in [0.1, 0.15) is 132 Å². The number of carboxylic acids is 2. The summed E-state index contributed by atoms with van der Waals surface area (Å²) in [6, 6.07) is 67.1. The first-order chi connectivity index (χ1) is 67.0. The largest absolute Gasteiger partial charge is 0.501 e. The molecule has 0 radical (unpaired) electrons. The van der Waals surface area contributed by atoms with Gasteiger partial charge in [-0.25, -0.2) is 43.3 Å². The SMILES string of the molecule is C.CCC1CCN(CC[C@H](CSc2ccccc2)Nc2ccc(S(=O)(=O)Nc3ccc(N4CCN(c5cccc(-c6c(C(=O)O)c(C)n(C(C)C)c6-c6ccc(Cl)cc6)c5)CC4)cc3)cc2S(=O)(=O)C(F)(F)F)CC1.CCC[C@H](CSc1ccccc1)Nc1ccc(S(=O)(=O)Nc2ccc(N3CCN(c4cccc(-c5c(C(=O)O)c(C)n(C(C)C)c5-c5ccc(Cl)cc5)c4)CC3)cc2)cc1S(=O)(=O)C(F)(F)F. The maximum atomic E-state index is 14.3. The number of hydrogen-bond acceptors (Lipinski definition) is 19. The van der Waals surface area contributed by atoms with Crippen LogP contribution < -0.4 is 39.7 Å². The molecule has 0 saturated carbocycles. The van der Waals surface area contributed by atoms with Crippen molar-refractivity contribution in [3.63, 3.8) is 0 Å². The highest BCUT2D eigenvalue weighted by atomic mass is 35.5. The van der Waals surface area contributed by atoms with Crippen molar-refractivity contribution in [3.8, 4) is 44.8 Å². The van der Waals surface area contributed by atoms with Crippen LogP contribution in [0.2, 0.25) is 10.0 Å². The van der Waals surface area contributed by atoms with Gasteiger partial charge in [-0.15, -0.1) is 23.5 Å². The van der Waals surface area contributed by atoms with Crippen LogP contribution in [0, 0.1) is 19.8 Å². The second kappa shape index (κ2) is 46.2. The van der Waals surface area contributed by atoms with Crippen LogP contribution in [-0.4, -0.2) is 176 Å². The molecule has 0 aliphatic carbocycles. The molecule has 756 valence electrons. The van der Waals surface area contributed by atoms with Gasteiger partial charge in [-0.05, 0) is 266 Å². The molecule has 3 aliphatic heterocycles. The minimum atomic E-state index is -6.00. The van der Waals surface area contributed by atoms with Crippen LogP contribution in [0.25, 0.3) is 44.8 Å². The van der Waals surface area contributed by atoms with Crippen molar-refractivity contribution < 1.29 is 79.8 Å². The fourth-order valence-electron chi connectivity index (χ4n) is 18.5. The number of carbonyl (C=O) groups is 2. The third-order valence-corrected chi connectivity index (χ3v) is 34.3. The van der Waals surface area contributed by atoms with Gasteiger partial charge >= 0.3 is 23.0 Å². The van der Waals surface area contributed by atoms with Gasteiger partial charge in [0, 0.05) is 171 Å². The number of aromatic carboxylic acids is 2. The van der Waals surface area contributed by atoms with Crippen molar-refractivity contribution in [1.29, 1.82) is 0 Å². The second-order valence-electron chi connectivity index (χ2n) is 35.7. The van der Waals surface area contributed by atoms with Crippen molar-refractivity contribution in [2.75, 3.05) is 123 Å². The van der Waals surface area contributed by atoms with E-state index in [0.29, 0.717) is 140 Å². The lowest BCUT2D eigenvalue weighted by molar-refractivity contribution is -0.0441. The summed E-state index contributed by atoms with van der Waals surface area (Å²) < 4.78 is 201. The number of benzene rings is 10. The molecule has 5 heterocycles. The van der Waals surface area contributed by atoms with E-state index in [1.165, 1.54) is 35.7 Å². The number of aromatic nitrogens is 2. The van der Waals surface area contributed by atoms with Gasteiger partial charge in [-0.3, -0.25) is 9.44 Å². The molecule has 2 atom stereocenters. The van der Waals surface area contributed by atoms with Crippen LogP contribution in [0.3, 0.4) is 0 Å². The molecule has 3 aliphatic rings. The van der Waals surface area contributed by atoms with E-state index >= 15 is 0 Å². The Balaban J connectivity index is 0.000000238. The first-order valence-corrected chi connectivity index (χ1v) is 55.1. The Morgan fingerprint density at radius 1 is 0.430 bits per heavy atom. The average Bonchev–Trinajstić information content (AvgIpc) is 1.57. The zero-order chi connectivity index (χ0) is 101. The summed E-state index contributed by atoms with van der Waals surface area (Å²) in [6.45, 7) is 23.2. The quantitative estimate of drug-likeness (QED) is 0.0157. The molecule has 142 heavy (non-hydrogen) atoms. The summed E-state index contributed by atoms with van der Waals surface area (Å²) in [5.41, 5.74) is -0.461. The predicted molar refractivity (Wildman–Crippen MR) is 562 cm³/mol. The molecule has 0 spiro atoms. The number of piperidine rings is 1. The van der Waals surface area contributed by atoms with E-state index in [1.54, 1.807) is 60.7 Å². The molecule has 23 nitrogen and oxygen atoms in total. The van der Waals surface area contributed by atoms with Crippen molar-refractivity contribution >= 4 is 144 Å². The molecule has 0 unspecified atom stereocenters. The molecule has 0 amide bonds. The number of anilines is 8. The average molecular weight is 2100 g/mol. The molecular weight excluding hydrogens is 1980 g/mol. The summed E-state index contributed by atoms with van der Waals surface area (Å²) >= 11 is 15.5. The molecule has 2 aromatic heterocycles. The van der Waals surface area contributed by atoms with Gasteiger partial charge in [0.2, 0.25) is 0 Å². The molecule has 3 saturated heterocycles. The molecule has 15 rings (SSSR count). The van der Waals surface area contributed by atoms with Gasteiger partial charge in [-0.2, -0.15) is 26.3 Å². The number of likely N-dealkylation sites (tertiary alicyclic amines) is 1. The lowest BCUT2D eigenvalue weighted by Crippen LogP contribution is -2.46. The molecule has 10 aromatic carbocycles. The van der Waals surface area contributed by atoms with Gasteiger partial charge in [0.1, 0.15) is 9.79 Å². The Bertz CT molecular complexity index is 6910. The first-order valence-electron chi connectivity index (χ1n) is 46.5. The Morgan fingerprint density at radius 3 is 1.11 bits per heavy atom. The maximum Gasteiger partial charge on any atom is 0.501 e. The lowest BCUT2D eigenvalue weighted by atomic mass is 9.94. The number of thioether (sulfide) groups is 2. The number of alkyl halides is 6. The fourth-order valence-corrected chi connectivity index (χ4v) is 24.9. The van der Waals surface area contributed by atoms with Crippen LogP contribution in [0.15, 0.2) is 272 Å². The summed E-state index contributed by atoms with van der Waals surface area (Å²) in [5.74, 6) is -0.534. The fraction of sp³-hybridized carbons (Fsp3) is 0.333. The number of rotatable bonds is 36. The highest BCUT2D eigenvalue weighted by molar-refractivity contribution is 7.99. The van der Waals surface area contributed by atoms with Crippen LogP contribution in [-0.2, 0) is 39.7 Å². The van der Waals surface area contributed by atoms with Crippen molar-refractivity contribution in [1.82, 2.24) is 14.0 Å². The summed E-state index contributed by atoms with van der Waals surface area (Å²) in [4.78, 5) is 35.0. The van der Waals surface area contributed by atoms with Gasteiger partial charge in [0.25, 0.3) is 39.7 Å². The van der Waals surface area contributed by atoms with Crippen LogP contribution >= 0.6 is 46.7 Å². The molecule has 6 N–H and O–H groups in total. The molecule has 3 fully saturated rings. The number of sulfone groups is 2. The van der Waals surface area contributed by atoms with Crippen molar-refractivity contribution in [2.24, 2.45) is 5.92 Å². The van der Waals surface area contributed by atoms with E-state index in [2.05, 4.69) is 60.6 Å². The number of sulfonamides is 2. The third kappa shape index (κ3) is 25.2. The second-order valence-corrected chi connectivity index (χ2v) is 45.9. The topological polar surface area (TPSA) is 285 Å². The number of nitrogens with one attached hydrogen (secondary N) is 4. The number of nitrogens with zero attached hydrogens (tertiary/aromatic N) is 7. The Kier molecular flexibility index (Phi) is 35.1. The highest BCUT2D eigenvalue weighted by Gasteiger charge is 2.50. The van der Waals surface area contributed by atoms with Crippen LogP contribution in [0.4, 0.5) is 71.8 Å². The zero-order valence-electron chi connectivity index (χ0n) is 79.0. The van der Waals surface area contributed by atoms with E-state index in [9.17, 15) is 79.8 Å². The van der Waals surface area contributed by atoms with Crippen molar-refractivity contribution in [3.05, 3.63) is 275 Å². The standard InChI is InChI=1S/C55H62ClF3N6O6S3.C49H51ClF3N5O6S3.CH4/c1-5-39-24-27-62(28-25-39)29-26-44(36-72-47-12-7-6-8-13-47)60-49-23-22-48(35-50(49)73(68,69)55(57,58)59)74(70,71)61-43-18-20-45(21-19-43)63-30-32-64(33-31-63)46-11-9-10-41(34-46)52-51(54(66)67)38(4)65(37(2)3)53(52)40-14-16-42(56)17-15-40;1-5-10-38(31-65-41-13-7-6-8-14-41)54-43-24-23-42(30-44(43)66(61,62)49(51,52)53)67(63,64)55-37-19-21-39(22-20-37)56-25-27-57(28-26-56)40-12-9-11-35(29-40)46-45(48(59)60)33(4)58(32(2)3)47(46)34-15-17-36(50)18-16-34;/h6-23,34-35,37,39,44,60-61H,5,24-33,36H2,1-4H3,(H,66,67);6-9,11-24,29-30,32,38,54-55H,5,10,25-28,31H2,1-4H3,(H,59,60);1H4/t44-;38-;/m11./s1.